The van der Waals surface area contributed by atoms with E-state index in [1.807, 2.05) is 0 Å². The molecule has 1 aliphatic carbocycles. The molecule has 7 aromatic carbocycles. The van der Waals surface area contributed by atoms with E-state index in [9.17, 15) is 0 Å². The van der Waals surface area contributed by atoms with E-state index in [2.05, 4.69) is 181 Å². The van der Waals surface area contributed by atoms with E-state index in [0.717, 1.165) is 5.69 Å². The maximum atomic E-state index is 2.48. The maximum Gasteiger partial charge on any atom is 0.0562 e. The fourth-order valence-electron chi connectivity index (χ4n) is 8.25. The molecule has 2 heterocycles. The summed E-state index contributed by atoms with van der Waals surface area (Å²) in [5, 5.41) is 5.09. The third-order valence-corrected chi connectivity index (χ3v) is 10.5. The van der Waals surface area contributed by atoms with Gasteiger partial charge in [-0.3, -0.25) is 0 Å². The summed E-state index contributed by atoms with van der Waals surface area (Å²) >= 11 is 0. The van der Waals surface area contributed by atoms with Gasteiger partial charge in [0.2, 0.25) is 0 Å². The first-order valence-electron chi connectivity index (χ1n) is 16.4. The van der Waals surface area contributed by atoms with E-state index in [-0.39, 0.29) is 5.41 Å². The lowest BCUT2D eigenvalue weighted by molar-refractivity contribution is 0.660. The van der Waals surface area contributed by atoms with Gasteiger partial charge >= 0.3 is 0 Å². The summed E-state index contributed by atoms with van der Waals surface area (Å²) in [6.45, 7) is 4.72. The second-order valence-corrected chi connectivity index (χ2v) is 13.4. The van der Waals surface area contributed by atoms with Crippen molar-refractivity contribution in [1.29, 1.82) is 0 Å². The van der Waals surface area contributed by atoms with E-state index in [4.69, 9.17) is 0 Å². The monoisotopic (exact) mass is 600 g/mol. The van der Waals surface area contributed by atoms with Crippen LogP contribution in [0.4, 0.5) is 0 Å². The Morgan fingerprint density at radius 1 is 0.362 bits per heavy atom. The van der Waals surface area contributed by atoms with Gasteiger partial charge in [-0.1, -0.05) is 123 Å². The molecule has 10 rings (SSSR count). The largest absolute Gasteiger partial charge is 0.309 e. The number of benzene rings is 7. The number of hydrogen-bond acceptors (Lipinski definition) is 0. The zero-order chi connectivity index (χ0) is 31.3. The Morgan fingerprint density at radius 2 is 0.894 bits per heavy atom. The molecule has 0 fully saturated rings. The Kier molecular flexibility index (Phi) is 5.37. The van der Waals surface area contributed by atoms with Gasteiger partial charge in [-0.25, -0.2) is 0 Å². The average Bonchev–Trinajstić information content (AvgIpc) is 3.70. The van der Waals surface area contributed by atoms with E-state index < -0.39 is 0 Å². The van der Waals surface area contributed by atoms with Gasteiger partial charge in [-0.05, 0) is 81.9 Å². The lowest BCUT2D eigenvalue weighted by Crippen LogP contribution is -2.15. The molecule has 0 atom stereocenters. The number of aromatic nitrogens is 2. The van der Waals surface area contributed by atoms with Crippen molar-refractivity contribution in [3.63, 3.8) is 0 Å². The summed E-state index contributed by atoms with van der Waals surface area (Å²) in [6.07, 6.45) is 0. The molecule has 0 amide bonds. The fraction of sp³-hybridized carbons (Fsp3) is 0.0667. The number of fused-ring (bicyclic) bond motifs is 9. The minimum atomic E-state index is -0.0632. The minimum Gasteiger partial charge on any atom is -0.309 e. The molecule has 9 aromatic rings. The molecule has 0 aliphatic heterocycles. The molecule has 0 spiro atoms. The van der Waals surface area contributed by atoms with Crippen LogP contribution in [-0.2, 0) is 5.41 Å². The molecule has 0 saturated carbocycles. The van der Waals surface area contributed by atoms with Crippen LogP contribution >= 0.6 is 0 Å². The van der Waals surface area contributed by atoms with Crippen molar-refractivity contribution in [3.05, 3.63) is 169 Å². The van der Waals surface area contributed by atoms with Crippen molar-refractivity contribution >= 4 is 43.6 Å². The second-order valence-electron chi connectivity index (χ2n) is 13.4. The van der Waals surface area contributed by atoms with Crippen molar-refractivity contribution < 1.29 is 0 Å². The molecule has 0 N–H and O–H groups in total. The fourth-order valence-corrected chi connectivity index (χ4v) is 8.25. The number of para-hydroxylation sites is 2. The summed E-state index contributed by atoms with van der Waals surface area (Å²) in [5.74, 6) is 0. The highest BCUT2D eigenvalue weighted by Crippen LogP contribution is 2.49. The third kappa shape index (κ3) is 3.67. The quantitative estimate of drug-likeness (QED) is 0.191. The Bertz CT molecular complexity index is 2680. The van der Waals surface area contributed by atoms with Crippen LogP contribution in [0.2, 0.25) is 0 Å². The van der Waals surface area contributed by atoms with E-state index in [1.54, 1.807) is 0 Å². The summed E-state index contributed by atoms with van der Waals surface area (Å²) in [6, 6.07) is 58.1. The van der Waals surface area contributed by atoms with Gasteiger partial charge in [0, 0.05) is 38.3 Å². The Morgan fingerprint density at radius 3 is 1.60 bits per heavy atom. The summed E-state index contributed by atoms with van der Waals surface area (Å²) < 4.78 is 4.91. The molecule has 0 radical (unpaired) electrons. The van der Waals surface area contributed by atoms with Crippen molar-refractivity contribution in [2.24, 2.45) is 0 Å². The molecule has 0 bridgehead atoms. The first-order valence-corrected chi connectivity index (χ1v) is 16.4. The first-order chi connectivity index (χ1) is 23.1. The van der Waals surface area contributed by atoms with Crippen LogP contribution in [0.5, 0.6) is 0 Å². The van der Waals surface area contributed by atoms with Crippen LogP contribution in [0.3, 0.4) is 0 Å². The normalized spacial score (nSPS) is 13.5. The maximum absolute atomic E-state index is 2.48. The van der Waals surface area contributed by atoms with Crippen molar-refractivity contribution in [2.45, 2.75) is 19.3 Å². The van der Waals surface area contributed by atoms with Crippen LogP contribution in [0, 0.1) is 0 Å². The molecular formula is C45H32N2. The highest BCUT2D eigenvalue weighted by Gasteiger charge is 2.35. The molecular weight excluding hydrogens is 569 g/mol. The van der Waals surface area contributed by atoms with Gasteiger partial charge in [0.15, 0.2) is 0 Å². The molecule has 1 aliphatic rings. The number of rotatable bonds is 3. The Labute approximate surface area is 273 Å². The average molecular weight is 601 g/mol. The lowest BCUT2D eigenvalue weighted by atomic mass is 9.82. The zero-order valence-corrected chi connectivity index (χ0v) is 26.4. The second kappa shape index (κ2) is 9.57. The van der Waals surface area contributed by atoms with Gasteiger partial charge in [0.1, 0.15) is 0 Å². The molecule has 0 saturated heterocycles. The van der Waals surface area contributed by atoms with Crippen molar-refractivity contribution in [2.75, 3.05) is 0 Å². The standard InChI is InChI=1S/C45H32N2/c1-45(2)39-17-9-6-14-33(39)34-25-24-32(26-40(34)45)47-42-19-11-8-16-36(42)38-27-37-35-15-7-10-18-41(35)46(43(37)28-44(38)47)31-22-20-30(21-23-31)29-12-4-3-5-13-29/h3-28H,1-2H3. The molecule has 222 valence electrons. The van der Waals surface area contributed by atoms with E-state index in [1.165, 1.54) is 82.7 Å². The first kappa shape index (κ1) is 26.4. The minimum absolute atomic E-state index is 0.0632. The van der Waals surface area contributed by atoms with Gasteiger partial charge in [-0.2, -0.15) is 0 Å². The van der Waals surface area contributed by atoms with E-state index in [0.29, 0.717) is 0 Å². The summed E-state index contributed by atoms with van der Waals surface area (Å²) in [4.78, 5) is 0. The summed E-state index contributed by atoms with van der Waals surface area (Å²) in [7, 11) is 0. The van der Waals surface area contributed by atoms with E-state index >= 15 is 0 Å². The lowest BCUT2D eigenvalue weighted by Gasteiger charge is -2.22. The molecule has 47 heavy (non-hydrogen) atoms. The molecule has 0 unspecified atom stereocenters. The Hall–Kier alpha value is -5.86. The van der Waals surface area contributed by atoms with Gasteiger partial charge < -0.3 is 9.13 Å². The van der Waals surface area contributed by atoms with Crippen molar-refractivity contribution in [1.82, 2.24) is 9.13 Å². The molecule has 2 aromatic heterocycles. The zero-order valence-electron chi connectivity index (χ0n) is 26.4. The molecule has 2 heteroatoms. The number of hydrogen-bond donors (Lipinski definition) is 0. The molecule has 2 nitrogen and oxygen atoms in total. The van der Waals surface area contributed by atoms with Crippen LogP contribution in [0.1, 0.15) is 25.0 Å². The topological polar surface area (TPSA) is 9.86 Å². The predicted molar refractivity (Wildman–Crippen MR) is 198 cm³/mol. The van der Waals surface area contributed by atoms with Crippen LogP contribution < -0.4 is 0 Å². The van der Waals surface area contributed by atoms with Gasteiger partial charge in [0.25, 0.3) is 0 Å². The van der Waals surface area contributed by atoms with Gasteiger partial charge in [0.05, 0.1) is 22.1 Å². The number of nitrogens with zero attached hydrogens (tertiary/aromatic N) is 2. The predicted octanol–water partition coefficient (Wildman–Crippen LogP) is 11.9. The van der Waals surface area contributed by atoms with Gasteiger partial charge in [-0.15, -0.1) is 0 Å². The Balaban J connectivity index is 1.24. The summed E-state index contributed by atoms with van der Waals surface area (Å²) in [5.41, 5.74) is 15.1. The smallest absolute Gasteiger partial charge is 0.0562 e. The highest BCUT2D eigenvalue weighted by atomic mass is 15.0. The third-order valence-electron chi connectivity index (χ3n) is 10.5. The van der Waals surface area contributed by atoms with Crippen LogP contribution in [0.25, 0.3) is 77.2 Å². The van der Waals surface area contributed by atoms with Crippen molar-refractivity contribution in [3.8, 4) is 33.6 Å². The van der Waals surface area contributed by atoms with Crippen LogP contribution in [0.15, 0.2) is 158 Å². The van der Waals surface area contributed by atoms with Crippen LogP contribution in [-0.4, -0.2) is 9.13 Å². The SMILES string of the molecule is CC1(C)c2ccccc2-c2ccc(-n3c4ccccc4c4cc5c6ccccc6n(-c6ccc(-c7ccccc7)cc6)c5cc43)cc21. The highest BCUT2D eigenvalue weighted by molar-refractivity contribution is 6.19.